The van der Waals surface area contributed by atoms with Crippen LogP contribution in [0.5, 0.6) is 0 Å². The monoisotopic (exact) mass is 474 g/mol. The summed E-state index contributed by atoms with van der Waals surface area (Å²) in [5.74, 6) is 0.200. The first-order chi connectivity index (χ1) is 16.6. The number of esters is 1. The standard InChI is InChI=1S/C22H30N6O6/c1-13(29)33-17-8-16(10-32-22(30)27-14-4-2-3-5-14)34-21(17)28-12-25-18-19(23-11-24-20(18)28)26-15-6-7-31-9-15/h11-12,14-17,21H,2-10H2,1H3,(H,27,30)(H,23,24,26)/t15-,16-,17-,21-/m1/s1. The number of anilines is 1. The van der Waals surface area contributed by atoms with Gasteiger partial charge in [0.2, 0.25) is 0 Å². The third kappa shape index (κ3) is 5.07. The van der Waals surface area contributed by atoms with Gasteiger partial charge in [-0.2, -0.15) is 0 Å². The van der Waals surface area contributed by atoms with Gasteiger partial charge in [0.1, 0.15) is 19.0 Å². The van der Waals surface area contributed by atoms with Crippen LogP contribution in [0.25, 0.3) is 11.2 Å². The molecule has 4 heterocycles. The summed E-state index contributed by atoms with van der Waals surface area (Å²) in [6.45, 7) is 2.74. The van der Waals surface area contributed by atoms with Crippen molar-refractivity contribution >= 4 is 29.0 Å². The van der Waals surface area contributed by atoms with E-state index in [0.717, 1.165) is 32.1 Å². The quantitative estimate of drug-likeness (QED) is 0.572. The first kappa shape index (κ1) is 22.8. The molecular formula is C22H30N6O6. The first-order valence-electron chi connectivity index (χ1n) is 11.8. The van der Waals surface area contributed by atoms with Gasteiger partial charge in [-0.25, -0.2) is 19.7 Å². The zero-order valence-electron chi connectivity index (χ0n) is 19.1. The van der Waals surface area contributed by atoms with Gasteiger partial charge in [0.15, 0.2) is 23.2 Å². The zero-order chi connectivity index (χ0) is 23.5. The maximum Gasteiger partial charge on any atom is 0.407 e. The van der Waals surface area contributed by atoms with Crippen molar-refractivity contribution in [2.75, 3.05) is 25.1 Å². The van der Waals surface area contributed by atoms with Crippen molar-refractivity contribution in [1.82, 2.24) is 24.8 Å². The molecule has 0 unspecified atom stereocenters. The number of aromatic nitrogens is 4. The van der Waals surface area contributed by atoms with Crippen molar-refractivity contribution in [1.29, 1.82) is 0 Å². The number of rotatable bonds is 7. The summed E-state index contributed by atoms with van der Waals surface area (Å²) in [5.41, 5.74) is 1.15. The van der Waals surface area contributed by atoms with E-state index in [-0.39, 0.29) is 18.7 Å². The number of hydrogen-bond acceptors (Lipinski definition) is 10. The summed E-state index contributed by atoms with van der Waals surface area (Å²) in [7, 11) is 0. The van der Waals surface area contributed by atoms with Crippen LogP contribution >= 0.6 is 0 Å². The average Bonchev–Trinajstić information content (AvgIpc) is 3.60. The molecule has 1 amide bonds. The summed E-state index contributed by atoms with van der Waals surface area (Å²) in [6, 6.07) is 0.339. The largest absolute Gasteiger partial charge is 0.458 e. The highest BCUT2D eigenvalue weighted by Gasteiger charge is 2.40. The summed E-state index contributed by atoms with van der Waals surface area (Å²) < 4.78 is 24.3. The number of carbonyl (C=O) groups is 2. The molecule has 0 bridgehead atoms. The Morgan fingerprint density at radius 2 is 2.03 bits per heavy atom. The number of amides is 1. The lowest BCUT2D eigenvalue weighted by Gasteiger charge is -2.20. The third-order valence-corrected chi connectivity index (χ3v) is 6.44. The van der Waals surface area contributed by atoms with E-state index >= 15 is 0 Å². The van der Waals surface area contributed by atoms with Crippen LogP contribution in [-0.2, 0) is 23.7 Å². The molecule has 34 heavy (non-hydrogen) atoms. The predicted molar refractivity (Wildman–Crippen MR) is 119 cm³/mol. The minimum Gasteiger partial charge on any atom is -0.458 e. The third-order valence-electron chi connectivity index (χ3n) is 6.44. The molecular weight excluding hydrogens is 444 g/mol. The predicted octanol–water partition coefficient (Wildman–Crippen LogP) is 1.92. The smallest absolute Gasteiger partial charge is 0.407 e. The van der Waals surface area contributed by atoms with E-state index < -0.39 is 30.5 Å². The number of hydrogen-bond donors (Lipinski definition) is 2. The highest BCUT2D eigenvalue weighted by atomic mass is 16.6. The number of nitrogens with zero attached hydrogens (tertiary/aromatic N) is 4. The second-order valence-corrected chi connectivity index (χ2v) is 9.01. The van der Waals surface area contributed by atoms with Crippen LogP contribution in [0, 0.1) is 0 Å². The number of imidazole rings is 1. The number of fused-ring (bicyclic) bond motifs is 1. The zero-order valence-corrected chi connectivity index (χ0v) is 19.1. The van der Waals surface area contributed by atoms with E-state index in [2.05, 4.69) is 25.6 Å². The number of nitrogens with one attached hydrogen (secondary N) is 2. The van der Waals surface area contributed by atoms with Crippen molar-refractivity contribution in [3.05, 3.63) is 12.7 Å². The van der Waals surface area contributed by atoms with Gasteiger partial charge in [0.05, 0.1) is 25.1 Å². The van der Waals surface area contributed by atoms with Gasteiger partial charge in [-0.15, -0.1) is 0 Å². The highest BCUT2D eigenvalue weighted by Crippen LogP contribution is 2.34. The molecule has 2 aromatic rings. The molecule has 2 aromatic heterocycles. The number of carbonyl (C=O) groups excluding carboxylic acids is 2. The van der Waals surface area contributed by atoms with E-state index in [1.165, 1.54) is 13.3 Å². The molecule has 12 heteroatoms. The maximum absolute atomic E-state index is 12.2. The molecule has 184 valence electrons. The van der Waals surface area contributed by atoms with Gasteiger partial charge < -0.3 is 29.6 Å². The Morgan fingerprint density at radius 1 is 1.18 bits per heavy atom. The Balaban J connectivity index is 1.28. The second-order valence-electron chi connectivity index (χ2n) is 9.01. The fraction of sp³-hybridized carbons (Fsp3) is 0.682. The molecule has 2 aliphatic heterocycles. The number of ether oxygens (including phenoxy) is 4. The van der Waals surface area contributed by atoms with Crippen LogP contribution in [0.1, 0.15) is 51.7 Å². The normalized spacial score (nSPS) is 27.2. The Bertz CT molecular complexity index is 1020. The number of alkyl carbamates (subject to hydrolysis) is 1. The molecule has 0 radical (unpaired) electrons. The second kappa shape index (κ2) is 10.1. The summed E-state index contributed by atoms with van der Waals surface area (Å²) in [5, 5.41) is 6.25. The molecule has 3 fully saturated rings. The van der Waals surface area contributed by atoms with Crippen molar-refractivity contribution in [3.8, 4) is 0 Å². The van der Waals surface area contributed by atoms with E-state index in [0.29, 0.717) is 36.6 Å². The summed E-state index contributed by atoms with van der Waals surface area (Å²) in [4.78, 5) is 37.1. The summed E-state index contributed by atoms with van der Waals surface area (Å²) in [6.07, 6.45) is 6.43. The minimum absolute atomic E-state index is 0.0584. The molecule has 2 N–H and O–H groups in total. The molecule has 2 saturated heterocycles. The molecule has 3 aliphatic rings. The lowest BCUT2D eigenvalue weighted by molar-refractivity contribution is -0.152. The topological polar surface area (TPSA) is 139 Å². The fourth-order valence-electron chi connectivity index (χ4n) is 4.82. The van der Waals surface area contributed by atoms with Gasteiger partial charge in [0, 0.05) is 26.0 Å². The Hall–Kier alpha value is -2.99. The Morgan fingerprint density at radius 3 is 2.79 bits per heavy atom. The molecule has 1 saturated carbocycles. The lowest BCUT2D eigenvalue weighted by atomic mass is 10.2. The molecule has 5 rings (SSSR count). The van der Waals surface area contributed by atoms with Gasteiger partial charge in [0.25, 0.3) is 0 Å². The van der Waals surface area contributed by atoms with Crippen LogP contribution in [0.2, 0.25) is 0 Å². The SMILES string of the molecule is CC(=O)O[C@@H]1C[C@H](COC(=O)NC2CCCC2)O[C@H]1n1cnc2c(N[C@@H]3CCOC3)ncnc21. The molecule has 0 aromatic carbocycles. The molecule has 4 atom stereocenters. The Labute approximate surface area is 196 Å². The van der Waals surface area contributed by atoms with Gasteiger partial charge in [-0.05, 0) is 19.3 Å². The Kier molecular flexibility index (Phi) is 6.77. The maximum atomic E-state index is 12.2. The molecule has 0 spiro atoms. The van der Waals surface area contributed by atoms with Gasteiger partial charge in [-0.3, -0.25) is 9.36 Å². The van der Waals surface area contributed by atoms with Gasteiger partial charge in [-0.1, -0.05) is 12.8 Å². The first-order valence-corrected chi connectivity index (χ1v) is 11.8. The van der Waals surface area contributed by atoms with Crippen LogP contribution in [-0.4, -0.2) is 75.7 Å². The molecule has 1 aliphatic carbocycles. The van der Waals surface area contributed by atoms with Crippen molar-refractivity contribution in [2.45, 2.75) is 76.0 Å². The average molecular weight is 475 g/mol. The van der Waals surface area contributed by atoms with Crippen LogP contribution in [0.4, 0.5) is 10.6 Å². The van der Waals surface area contributed by atoms with Crippen molar-refractivity contribution in [3.63, 3.8) is 0 Å². The summed E-state index contributed by atoms with van der Waals surface area (Å²) >= 11 is 0. The van der Waals surface area contributed by atoms with Gasteiger partial charge >= 0.3 is 12.1 Å². The van der Waals surface area contributed by atoms with E-state index in [1.807, 2.05) is 0 Å². The highest BCUT2D eigenvalue weighted by molar-refractivity contribution is 5.82. The van der Waals surface area contributed by atoms with E-state index in [4.69, 9.17) is 18.9 Å². The van der Waals surface area contributed by atoms with Crippen molar-refractivity contribution in [2.24, 2.45) is 0 Å². The van der Waals surface area contributed by atoms with Crippen LogP contribution < -0.4 is 10.6 Å². The molecule has 12 nitrogen and oxygen atoms in total. The minimum atomic E-state index is -0.655. The lowest BCUT2D eigenvalue weighted by Crippen LogP contribution is -2.34. The van der Waals surface area contributed by atoms with Crippen LogP contribution in [0.15, 0.2) is 12.7 Å². The fourth-order valence-corrected chi connectivity index (χ4v) is 4.82. The van der Waals surface area contributed by atoms with E-state index in [1.54, 1.807) is 10.9 Å². The van der Waals surface area contributed by atoms with E-state index in [9.17, 15) is 9.59 Å². The van der Waals surface area contributed by atoms with Crippen LogP contribution in [0.3, 0.4) is 0 Å². The van der Waals surface area contributed by atoms with Crippen molar-refractivity contribution < 1.29 is 28.5 Å².